The highest BCUT2D eigenvalue weighted by molar-refractivity contribution is 5.44. The van der Waals surface area contributed by atoms with Gasteiger partial charge in [0.05, 0.1) is 23.1 Å². The van der Waals surface area contributed by atoms with E-state index in [1.54, 1.807) is 24.3 Å². The lowest BCUT2D eigenvalue weighted by molar-refractivity contribution is 0.481. The van der Waals surface area contributed by atoms with Gasteiger partial charge in [-0.05, 0) is 54.8 Å². The maximum absolute atomic E-state index is 9.23. The summed E-state index contributed by atoms with van der Waals surface area (Å²) in [5, 5.41) is 18.0. The van der Waals surface area contributed by atoms with Gasteiger partial charge in [-0.25, -0.2) is 0 Å². The number of hydrogen-bond acceptors (Lipinski definition) is 3. The third-order valence-electron chi connectivity index (χ3n) is 3.57. The average molecular weight is 260 g/mol. The van der Waals surface area contributed by atoms with E-state index in [-0.39, 0.29) is 5.41 Å². The molecule has 0 aliphatic heterocycles. The summed E-state index contributed by atoms with van der Waals surface area (Å²) in [5.74, 6) is 1.40. The Labute approximate surface area is 117 Å². The minimum Gasteiger partial charge on any atom is -0.457 e. The fourth-order valence-corrected chi connectivity index (χ4v) is 2.18. The van der Waals surface area contributed by atoms with E-state index in [0.717, 1.165) is 18.4 Å². The Morgan fingerprint density at radius 2 is 1.70 bits per heavy atom. The second-order valence-electron chi connectivity index (χ2n) is 4.96. The number of benzene rings is 2. The molecule has 2 aromatic carbocycles. The van der Waals surface area contributed by atoms with Gasteiger partial charge in [0.25, 0.3) is 0 Å². The first-order chi connectivity index (χ1) is 9.75. The van der Waals surface area contributed by atoms with E-state index in [9.17, 15) is 5.26 Å². The molecular weight excluding hydrogens is 248 g/mol. The van der Waals surface area contributed by atoms with Crippen LogP contribution in [0.5, 0.6) is 11.5 Å². The third-order valence-corrected chi connectivity index (χ3v) is 3.57. The predicted octanol–water partition coefficient (Wildman–Crippen LogP) is 3.91. The van der Waals surface area contributed by atoms with Crippen molar-refractivity contribution in [2.75, 3.05) is 0 Å². The minimum absolute atomic E-state index is 0.302. The molecule has 0 atom stereocenters. The fraction of sp³-hybridized carbons (Fsp3) is 0.176. The van der Waals surface area contributed by atoms with Crippen LogP contribution in [0.15, 0.2) is 48.5 Å². The molecule has 3 heteroatoms. The molecule has 0 aromatic heterocycles. The van der Waals surface area contributed by atoms with Gasteiger partial charge in [-0.2, -0.15) is 10.5 Å². The fourth-order valence-electron chi connectivity index (χ4n) is 2.18. The lowest BCUT2D eigenvalue weighted by Gasteiger charge is -2.10. The van der Waals surface area contributed by atoms with Crippen molar-refractivity contribution in [2.24, 2.45) is 0 Å². The summed E-state index contributed by atoms with van der Waals surface area (Å²) in [6, 6.07) is 19.1. The molecule has 1 aliphatic carbocycles. The molecule has 1 aliphatic rings. The number of hydrogen-bond donors (Lipinski definition) is 0. The van der Waals surface area contributed by atoms with Gasteiger partial charge in [0.1, 0.15) is 11.5 Å². The molecule has 2 aromatic rings. The van der Waals surface area contributed by atoms with Crippen LogP contribution in [0.3, 0.4) is 0 Å². The molecule has 3 rings (SSSR count). The zero-order valence-corrected chi connectivity index (χ0v) is 10.8. The summed E-state index contributed by atoms with van der Waals surface area (Å²) in [7, 11) is 0. The van der Waals surface area contributed by atoms with Gasteiger partial charge in [0.2, 0.25) is 0 Å². The molecule has 0 unspecified atom stereocenters. The Morgan fingerprint density at radius 3 is 2.30 bits per heavy atom. The first kappa shape index (κ1) is 12.3. The third kappa shape index (κ3) is 2.22. The summed E-state index contributed by atoms with van der Waals surface area (Å²) >= 11 is 0. The van der Waals surface area contributed by atoms with Crippen LogP contribution in [0.2, 0.25) is 0 Å². The van der Waals surface area contributed by atoms with Crippen molar-refractivity contribution in [3.05, 3.63) is 59.7 Å². The zero-order chi connectivity index (χ0) is 14.0. The van der Waals surface area contributed by atoms with Crippen molar-refractivity contribution in [3.63, 3.8) is 0 Å². The molecule has 0 bridgehead atoms. The maximum atomic E-state index is 9.23. The van der Waals surface area contributed by atoms with Crippen LogP contribution >= 0.6 is 0 Å². The van der Waals surface area contributed by atoms with Crippen molar-refractivity contribution < 1.29 is 4.74 Å². The highest BCUT2D eigenvalue weighted by Crippen LogP contribution is 2.48. The van der Waals surface area contributed by atoms with Gasteiger partial charge in [-0.3, -0.25) is 0 Å². The van der Waals surface area contributed by atoms with Crippen LogP contribution in [-0.4, -0.2) is 0 Å². The molecule has 20 heavy (non-hydrogen) atoms. The summed E-state index contributed by atoms with van der Waals surface area (Å²) in [4.78, 5) is 0. The Hall–Kier alpha value is -2.78. The molecular formula is C17H12N2O. The second kappa shape index (κ2) is 4.72. The Kier molecular flexibility index (Phi) is 2.89. The van der Waals surface area contributed by atoms with Crippen molar-refractivity contribution >= 4 is 0 Å². The van der Waals surface area contributed by atoms with Gasteiger partial charge in [0, 0.05) is 0 Å². The number of nitrogens with zero attached hydrogens (tertiary/aromatic N) is 2. The molecule has 96 valence electrons. The molecule has 1 saturated carbocycles. The summed E-state index contributed by atoms with van der Waals surface area (Å²) < 4.78 is 5.77. The number of ether oxygens (including phenoxy) is 1. The van der Waals surface area contributed by atoms with Crippen molar-refractivity contribution in [2.45, 2.75) is 18.3 Å². The van der Waals surface area contributed by atoms with Crippen LogP contribution in [0.4, 0.5) is 0 Å². The molecule has 0 N–H and O–H groups in total. The molecule has 3 nitrogen and oxygen atoms in total. The Morgan fingerprint density at radius 1 is 0.950 bits per heavy atom. The topological polar surface area (TPSA) is 56.8 Å². The standard InChI is InChI=1S/C17H12N2O/c18-11-13-4-6-15(7-5-13)20-16-3-1-2-14(10-16)17(12-19)8-9-17/h1-7,10H,8-9H2. The largest absolute Gasteiger partial charge is 0.457 e. The number of rotatable bonds is 3. The van der Waals surface area contributed by atoms with Crippen LogP contribution in [0.1, 0.15) is 24.0 Å². The lowest BCUT2D eigenvalue weighted by Crippen LogP contribution is -2.02. The lowest BCUT2D eigenvalue weighted by atomic mass is 9.98. The van der Waals surface area contributed by atoms with Gasteiger partial charge in [0.15, 0.2) is 0 Å². The normalized spacial score (nSPS) is 14.9. The van der Waals surface area contributed by atoms with E-state index in [1.165, 1.54) is 0 Å². The summed E-state index contributed by atoms with van der Waals surface area (Å²) in [6.07, 6.45) is 1.84. The zero-order valence-electron chi connectivity index (χ0n) is 10.8. The molecule has 0 heterocycles. The average Bonchev–Trinajstić information content (AvgIpc) is 3.30. The van der Waals surface area contributed by atoms with E-state index in [2.05, 4.69) is 12.1 Å². The van der Waals surface area contributed by atoms with E-state index in [4.69, 9.17) is 10.00 Å². The summed E-state index contributed by atoms with van der Waals surface area (Å²) in [6.45, 7) is 0. The highest BCUT2D eigenvalue weighted by atomic mass is 16.5. The first-order valence-electron chi connectivity index (χ1n) is 6.46. The first-order valence-corrected chi connectivity index (χ1v) is 6.46. The van der Waals surface area contributed by atoms with E-state index >= 15 is 0 Å². The monoisotopic (exact) mass is 260 g/mol. The van der Waals surface area contributed by atoms with Crippen LogP contribution < -0.4 is 4.74 Å². The second-order valence-corrected chi connectivity index (χ2v) is 4.96. The van der Waals surface area contributed by atoms with Gasteiger partial charge in [-0.15, -0.1) is 0 Å². The van der Waals surface area contributed by atoms with Crippen LogP contribution in [0.25, 0.3) is 0 Å². The van der Waals surface area contributed by atoms with Gasteiger partial charge in [-0.1, -0.05) is 12.1 Å². The van der Waals surface area contributed by atoms with Crippen molar-refractivity contribution in [1.82, 2.24) is 0 Å². The molecule has 1 fully saturated rings. The SMILES string of the molecule is N#Cc1ccc(Oc2cccc(C3(C#N)CC3)c2)cc1. The number of nitriles is 2. The predicted molar refractivity (Wildman–Crippen MR) is 74.2 cm³/mol. The van der Waals surface area contributed by atoms with E-state index < -0.39 is 0 Å². The molecule has 0 amide bonds. The van der Waals surface area contributed by atoms with Crippen molar-refractivity contribution in [3.8, 4) is 23.6 Å². The van der Waals surface area contributed by atoms with Crippen LogP contribution in [0, 0.1) is 22.7 Å². The molecule has 0 radical (unpaired) electrons. The summed E-state index contributed by atoms with van der Waals surface area (Å²) in [5.41, 5.74) is 1.32. The molecule has 0 spiro atoms. The van der Waals surface area contributed by atoms with Crippen molar-refractivity contribution in [1.29, 1.82) is 10.5 Å². The molecule has 0 saturated heterocycles. The maximum Gasteiger partial charge on any atom is 0.127 e. The Balaban J connectivity index is 1.83. The smallest absolute Gasteiger partial charge is 0.127 e. The van der Waals surface area contributed by atoms with E-state index in [0.29, 0.717) is 17.1 Å². The van der Waals surface area contributed by atoms with Gasteiger partial charge >= 0.3 is 0 Å². The quantitative estimate of drug-likeness (QED) is 0.840. The Bertz CT molecular complexity index is 716. The highest BCUT2D eigenvalue weighted by Gasteiger charge is 2.44. The minimum atomic E-state index is -0.302. The van der Waals surface area contributed by atoms with E-state index in [1.807, 2.05) is 24.3 Å². The van der Waals surface area contributed by atoms with Gasteiger partial charge < -0.3 is 4.74 Å². The van der Waals surface area contributed by atoms with Crippen LogP contribution in [-0.2, 0) is 5.41 Å².